The van der Waals surface area contributed by atoms with Crippen LogP contribution >= 0.6 is 0 Å². The van der Waals surface area contributed by atoms with E-state index in [0.717, 1.165) is 31.0 Å². The van der Waals surface area contributed by atoms with Crippen molar-refractivity contribution in [3.05, 3.63) is 41.9 Å². The maximum Gasteiger partial charge on any atom is 0.107 e. The number of nitrogens with one attached hydrogen (secondary N) is 2. The Kier molecular flexibility index (Phi) is 3.98. The lowest BCUT2D eigenvalue weighted by atomic mass is 10.0. The van der Waals surface area contributed by atoms with Crippen molar-refractivity contribution in [2.45, 2.75) is 32.7 Å². The van der Waals surface area contributed by atoms with Crippen molar-refractivity contribution in [2.75, 3.05) is 6.54 Å². The molecule has 2 aromatic rings. The van der Waals surface area contributed by atoms with Gasteiger partial charge in [0.2, 0.25) is 0 Å². The zero-order chi connectivity index (χ0) is 12.1. The maximum atomic E-state index is 5.37. The largest absolute Gasteiger partial charge is 0.469 e. The van der Waals surface area contributed by atoms with Crippen LogP contribution in [0.1, 0.15) is 36.5 Å². The maximum absolute atomic E-state index is 5.37. The zero-order valence-electron chi connectivity index (χ0n) is 10.4. The third-order valence-electron chi connectivity index (χ3n) is 2.87. The SMILES string of the molecule is CCCNC(Cc1ncc[nH]1)c1ccoc1C. The Morgan fingerprint density at radius 1 is 1.53 bits per heavy atom. The highest BCUT2D eigenvalue weighted by Gasteiger charge is 2.16. The van der Waals surface area contributed by atoms with E-state index in [4.69, 9.17) is 4.42 Å². The summed E-state index contributed by atoms with van der Waals surface area (Å²) in [6.45, 7) is 5.16. The summed E-state index contributed by atoms with van der Waals surface area (Å²) in [4.78, 5) is 7.42. The van der Waals surface area contributed by atoms with Gasteiger partial charge in [0.05, 0.1) is 6.26 Å². The van der Waals surface area contributed by atoms with Gasteiger partial charge in [-0.2, -0.15) is 0 Å². The minimum absolute atomic E-state index is 0.264. The zero-order valence-corrected chi connectivity index (χ0v) is 10.4. The first kappa shape index (κ1) is 11.9. The number of aromatic amines is 1. The fourth-order valence-corrected chi connectivity index (χ4v) is 1.97. The first-order valence-electron chi connectivity index (χ1n) is 6.07. The van der Waals surface area contributed by atoms with E-state index in [1.54, 1.807) is 12.5 Å². The number of aryl methyl sites for hydroxylation is 1. The minimum Gasteiger partial charge on any atom is -0.469 e. The smallest absolute Gasteiger partial charge is 0.107 e. The number of H-pyrrole nitrogens is 1. The number of rotatable bonds is 6. The van der Waals surface area contributed by atoms with E-state index in [0.29, 0.717) is 0 Å². The van der Waals surface area contributed by atoms with Gasteiger partial charge >= 0.3 is 0 Å². The first-order valence-corrected chi connectivity index (χ1v) is 6.07. The molecule has 0 bridgehead atoms. The lowest BCUT2D eigenvalue weighted by Gasteiger charge is -2.16. The molecule has 0 aliphatic carbocycles. The van der Waals surface area contributed by atoms with E-state index in [1.807, 2.05) is 19.2 Å². The van der Waals surface area contributed by atoms with Gasteiger partial charge in [-0.1, -0.05) is 6.92 Å². The molecule has 92 valence electrons. The molecule has 17 heavy (non-hydrogen) atoms. The summed E-state index contributed by atoms with van der Waals surface area (Å²) < 4.78 is 5.37. The molecule has 0 saturated carbocycles. The van der Waals surface area contributed by atoms with E-state index in [-0.39, 0.29) is 6.04 Å². The van der Waals surface area contributed by atoms with E-state index in [1.165, 1.54) is 5.56 Å². The van der Waals surface area contributed by atoms with Gasteiger partial charge in [-0.25, -0.2) is 4.98 Å². The van der Waals surface area contributed by atoms with Gasteiger partial charge in [0.15, 0.2) is 0 Å². The van der Waals surface area contributed by atoms with Crippen molar-refractivity contribution in [1.29, 1.82) is 0 Å². The fourth-order valence-electron chi connectivity index (χ4n) is 1.97. The summed E-state index contributed by atoms with van der Waals surface area (Å²) in [7, 11) is 0. The van der Waals surface area contributed by atoms with Crippen molar-refractivity contribution in [3.8, 4) is 0 Å². The molecule has 4 nitrogen and oxygen atoms in total. The van der Waals surface area contributed by atoms with Crippen molar-refractivity contribution in [1.82, 2.24) is 15.3 Å². The van der Waals surface area contributed by atoms with Crippen LogP contribution in [0.5, 0.6) is 0 Å². The molecule has 0 spiro atoms. The van der Waals surface area contributed by atoms with Gasteiger partial charge in [-0.05, 0) is 26.0 Å². The third kappa shape index (κ3) is 2.97. The predicted molar refractivity (Wildman–Crippen MR) is 66.8 cm³/mol. The summed E-state index contributed by atoms with van der Waals surface area (Å²) in [5.41, 5.74) is 1.22. The molecule has 1 atom stereocenters. The summed E-state index contributed by atoms with van der Waals surface area (Å²) in [5.74, 6) is 1.98. The first-order chi connectivity index (χ1) is 8.31. The molecule has 0 aliphatic heterocycles. The predicted octanol–water partition coefficient (Wildman–Crippen LogP) is 2.59. The van der Waals surface area contributed by atoms with E-state index >= 15 is 0 Å². The Labute approximate surface area is 101 Å². The van der Waals surface area contributed by atoms with Crippen LogP contribution in [0.25, 0.3) is 0 Å². The molecule has 4 heteroatoms. The van der Waals surface area contributed by atoms with Crippen molar-refractivity contribution in [3.63, 3.8) is 0 Å². The lowest BCUT2D eigenvalue weighted by Crippen LogP contribution is -2.24. The molecule has 2 N–H and O–H groups in total. The Morgan fingerprint density at radius 3 is 3.00 bits per heavy atom. The Bertz CT molecular complexity index is 433. The molecule has 1 unspecified atom stereocenters. The highest BCUT2D eigenvalue weighted by atomic mass is 16.3. The van der Waals surface area contributed by atoms with Crippen molar-refractivity contribution in [2.24, 2.45) is 0 Å². The van der Waals surface area contributed by atoms with Gasteiger partial charge in [-0.3, -0.25) is 0 Å². The summed E-state index contributed by atoms with van der Waals surface area (Å²) >= 11 is 0. The minimum atomic E-state index is 0.264. The second-order valence-corrected chi connectivity index (χ2v) is 4.18. The third-order valence-corrected chi connectivity index (χ3v) is 2.87. The monoisotopic (exact) mass is 233 g/mol. The van der Waals surface area contributed by atoms with Crippen LogP contribution in [-0.2, 0) is 6.42 Å². The van der Waals surface area contributed by atoms with Crippen LogP contribution in [0.4, 0.5) is 0 Å². The highest BCUT2D eigenvalue weighted by Crippen LogP contribution is 2.21. The van der Waals surface area contributed by atoms with Gasteiger partial charge in [0.1, 0.15) is 11.6 Å². The molecule has 2 rings (SSSR count). The number of imidazole rings is 1. The van der Waals surface area contributed by atoms with E-state index in [9.17, 15) is 0 Å². The summed E-state index contributed by atoms with van der Waals surface area (Å²) in [5, 5.41) is 3.53. The Hall–Kier alpha value is -1.55. The molecule has 0 saturated heterocycles. The molecular weight excluding hydrogens is 214 g/mol. The van der Waals surface area contributed by atoms with Crippen LogP contribution < -0.4 is 5.32 Å². The quantitative estimate of drug-likeness (QED) is 0.806. The van der Waals surface area contributed by atoms with Gasteiger partial charge in [0.25, 0.3) is 0 Å². The number of aromatic nitrogens is 2. The van der Waals surface area contributed by atoms with Gasteiger partial charge < -0.3 is 14.7 Å². The van der Waals surface area contributed by atoms with E-state index < -0.39 is 0 Å². The molecule has 2 aromatic heterocycles. The van der Waals surface area contributed by atoms with Crippen LogP contribution in [0.2, 0.25) is 0 Å². The molecule has 0 aromatic carbocycles. The topological polar surface area (TPSA) is 53.9 Å². The Morgan fingerprint density at radius 2 is 2.41 bits per heavy atom. The molecule has 0 radical (unpaired) electrons. The molecule has 0 aliphatic rings. The normalized spacial score (nSPS) is 12.8. The van der Waals surface area contributed by atoms with Crippen molar-refractivity contribution < 1.29 is 4.42 Å². The average molecular weight is 233 g/mol. The van der Waals surface area contributed by atoms with Gasteiger partial charge in [-0.15, -0.1) is 0 Å². The van der Waals surface area contributed by atoms with Crippen LogP contribution in [-0.4, -0.2) is 16.5 Å². The second-order valence-electron chi connectivity index (χ2n) is 4.18. The fraction of sp³-hybridized carbons (Fsp3) is 0.462. The van der Waals surface area contributed by atoms with Crippen LogP contribution in [0, 0.1) is 6.92 Å². The summed E-state index contributed by atoms with van der Waals surface area (Å²) in [6, 6.07) is 2.30. The standard InChI is InChI=1S/C13H19N3O/c1-3-5-14-12(9-13-15-6-7-16-13)11-4-8-17-10(11)2/h4,6-8,12,14H,3,5,9H2,1-2H3,(H,15,16). The van der Waals surface area contributed by atoms with Crippen molar-refractivity contribution >= 4 is 0 Å². The number of hydrogen-bond donors (Lipinski definition) is 2. The second kappa shape index (κ2) is 5.68. The number of nitrogens with zero attached hydrogens (tertiary/aromatic N) is 1. The summed E-state index contributed by atoms with van der Waals surface area (Å²) in [6.07, 6.45) is 7.36. The molecular formula is C13H19N3O. The molecule has 2 heterocycles. The average Bonchev–Trinajstić information content (AvgIpc) is 2.95. The number of furan rings is 1. The van der Waals surface area contributed by atoms with Crippen LogP contribution in [0.3, 0.4) is 0 Å². The highest BCUT2D eigenvalue weighted by molar-refractivity contribution is 5.21. The lowest BCUT2D eigenvalue weighted by molar-refractivity contribution is 0.489. The molecule has 0 amide bonds. The molecule has 0 fully saturated rings. The Balaban J connectivity index is 2.11. The van der Waals surface area contributed by atoms with Gasteiger partial charge in [0, 0.05) is 30.4 Å². The van der Waals surface area contributed by atoms with E-state index in [2.05, 4.69) is 22.2 Å². The van der Waals surface area contributed by atoms with Crippen LogP contribution in [0.15, 0.2) is 29.1 Å². The number of hydrogen-bond acceptors (Lipinski definition) is 3.